The number of ether oxygens (including phenoxy) is 2. The number of carbonyl (C=O) groups is 2. The summed E-state index contributed by atoms with van der Waals surface area (Å²) in [4.78, 5) is 24.9. The molecule has 1 atom stereocenters. The second-order valence-corrected chi connectivity index (χ2v) is 5.65. The molecule has 6 heteroatoms. The number of thioether (sulfide) groups is 1. The number of benzene rings is 1. The molecule has 0 radical (unpaired) electrons. The topological polar surface area (TPSA) is 55.8 Å². The highest BCUT2D eigenvalue weighted by atomic mass is 32.2. The minimum absolute atomic E-state index is 0.0437. The van der Waals surface area contributed by atoms with Crippen LogP contribution in [0.1, 0.15) is 24.3 Å². The van der Waals surface area contributed by atoms with E-state index in [-0.39, 0.29) is 23.7 Å². The van der Waals surface area contributed by atoms with Gasteiger partial charge in [-0.15, -0.1) is 11.8 Å². The summed E-state index contributed by atoms with van der Waals surface area (Å²) in [6, 6.07) is 7.74. The number of amides is 1. The van der Waals surface area contributed by atoms with Gasteiger partial charge in [-0.3, -0.25) is 9.59 Å². The summed E-state index contributed by atoms with van der Waals surface area (Å²) in [6.45, 7) is 2.95. The summed E-state index contributed by atoms with van der Waals surface area (Å²) in [6.07, 6.45) is 0.219. The summed E-state index contributed by atoms with van der Waals surface area (Å²) in [5.41, 5.74) is 1.04. The van der Waals surface area contributed by atoms with E-state index in [4.69, 9.17) is 4.74 Å². The van der Waals surface area contributed by atoms with Crippen molar-refractivity contribution >= 4 is 23.6 Å². The van der Waals surface area contributed by atoms with Crippen LogP contribution in [0.15, 0.2) is 24.3 Å². The fourth-order valence-corrected chi connectivity index (χ4v) is 3.40. The highest BCUT2D eigenvalue weighted by molar-refractivity contribution is 8.00. The van der Waals surface area contributed by atoms with Crippen LogP contribution >= 0.6 is 11.8 Å². The van der Waals surface area contributed by atoms with Crippen molar-refractivity contribution in [2.75, 3.05) is 26.0 Å². The van der Waals surface area contributed by atoms with Crippen LogP contribution in [0.25, 0.3) is 0 Å². The Labute approximate surface area is 128 Å². The van der Waals surface area contributed by atoms with Gasteiger partial charge in [-0.25, -0.2) is 0 Å². The summed E-state index contributed by atoms with van der Waals surface area (Å²) in [5.74, 6) is 1.02. The Morgan fingerprint density at radius 2 is 2.10 bits per heavy atom. The van der Waals surface area contributed by atoms with Crippen LogP contribution in [0, 0.1) is 0 Å². The van der Waals surface area contributed by atoms with Gasteiger partial charge in [-0.2, -0.15) is 0 Å². The van der Waals surface area contributed by atoms with Gasteiger partial charge in [0, 0.05) is 6.54 Å². The van der Waals surface area contributed by atoms with Crippen LogP contribution in [0.5, 0.6) is 5.75 Å². The van der Waals surface area contributed by atoms with Gasteiger partial charge in [0.2, 0.25) is 5.91 Å². The zero-order valence-electron chi connectivity index (χ0n) is 12.2. The molecule has 1 unspecified atom stereocenters. The van der Waals surface area contributed by atoms with E-state index in [9.17, 15) is 9.59 Å². The molecule has 0 bridgehead atoms. The molecule has 0 spiro atoms. The van der Waals surface area contributed by atoms with Crippen molar-refractivity contribution in [1.29, 1.82) is 0 Å². The molecule has 1 amide bonds. The van der Waals surface area contributed by atoms with Gasteiger partial charge < -0.3 is 14.4 Å². The third-order valence-electron chi connectivity index (χ3n) is 3.23. The number of hydrogen-bond donors (Lipinski definition) is 0. The lowest BCUT2D eigenvalue weighted by molar-refractivity contribution is -0.141. The molecule has 5 nitrogen and oxygen atoms in total. The molecule has 1 aliphatic rings. The minimum atomic E-state index is -0.301. The SMILES string of the molecule is CCOc1ccc(C2SCC(=O)N2CCC(=O)OC)cc1. The van der Waals surface area contributed by atoms with Crippen molar-refractivity contribution in [2.45, 2.75) is 18.7 Å². The Bertz CT molecular complexity index is 503. The molecule has 1 aromatic carbocycles. The molecule has 1 saturated heterocycles. The first-order chi connectivity index (χ1) is 10.2. The van der Waals surface area contributed by atoms with Crippen molar-refractivity contribution in [3.63, 3.8) is 0 Å². The third kappa shape index (κ3) is 3.91. The smallest absolute Gasteiger partial charge is 0.307 e. The van der Waals surface area contributed by atoms with Crippen LogP contribution in [0.2, 0.25) is 0 Å². The first-order valence-corrected chi connectivity index (χ1v) is 7.91. The fourth-order valence-electron chi connectivity index (χ4n) is 2.18. The highest BCUT2D eigenvalue weighted by Gasteiger charge is 2.32. The zero-order chi connectivity index (χ0) is 15.2. The maximum Gasteiger partial charge on any atom is 0.307 e. The Hall–Kier alpha value is -1.69. The Kier molecular flexibility index (Phi) is 5.50. The van der Waals surface area contributed by atoms with Crippen molar-refractivity contribution < 1.29 is 19.1 Å². The van der Waals surface area contributed by atoms with Crippen LogP contribution in [0.3, 0.4) is 0 Å². The molecule has 0 N–H and O–H groups in total. The molecule has 2 rings (SSSR count). The van der Waals surface area contributed by atoms with Crippen molar-refractivity contribution in [3.8, 4) is 5.75 Å². The zero-order valence-corrected chi connectivity index (χ0v) is 13.0. The molecule has 114 valence electrons. The Balaban J connectivity index is 2.05. The van der Waals surface area contributed by atoms with Crippen LogP contribution < -0.4 is 4.74 Å². The van der Waals surface area contributed by atoms with E-state index >= 15 is 0 Å². The van der Waals surface area contributed by atoms with Gasteiger partial charge in [0.05, 0.1) is 25.9 Å². The highest BCUT2D eigenvalue weighted by Crippen LogP contribution is 2.39. The third-order valence-corrected chi connectivity index (χ3v) is 4.48. The summed E-state index contributed by atoms with van der Waals surface area (Å²) in [7, 11) is 1.35. The molecule has 1 fully saturated rings. The molecular formula is C15H19NO4S. The summed E-state index contributed by atoms with van der Waals surface area (Å²) < 4.78 is 10.0. The summed E-state index contributed by atoms with van der Waals surface area (Å²) >= 11 is 1.57. The van der Waals surface area contributed by atoms with E-state index in [2.05, 4.69) is 4.74 Å². The van der Waals surface area contributed by atoms with Crippen molar-refractivity contribution in [2.24, 2.45) is 0 Å². The average Bonchev–Trinajstić information content (AvgIpc) is 2.87. The monoisotopic (exact) mass is 309 g/mol. The number of hydrogen-bond acceptors (Lipinski definition) is 5. The molecule has 0 aliphatic carbocycles. The molecule has 1 aromatic rings. The number of rotatable bonds is 6. The Morgan fingerprint density at radius 3 is 2.71 bits per heavy atom. The van der Waals surface area contributed by atoms with Gasteiger partial charge >= 0.3 is 5.97 Å². The lowest BCUT2D eigenvalue weighted by Crippen LogP contribution is -2.30. The predicted molar refractivity (Wildman–Crippen MR) is 81.2 cm³/mol. The van der Waals surface area contributed by atoms with Gasteiger partial charge in [-0.05, 0) is 24.6 Å². The first kappa shape index (κ1) is 15.7. The summed E-state index contributed by atoms with van der Waals surface area (Å²) in [5, 5.41) is -0.0437. The van der Waals surface area contributed by atoms with Gasteiger partial charge in [0.25, 0.3) is 0 Å². The second-order valence-electron chi connectivity index (χ2n) is 4.58. The second kappa shape index (κ2) is 7.36. The normalized spacial score (nSPS) is 17.9. The molecule has 1 heterocycles. The maximum atomic E-state index is 12.0. The van der Waals surface area contributed by atoms with E-state index in [0.717, 1.165) is 11.3 Å². The van der Waals surface area contributed by atoms with Crippen LogP contribution in [-0.2, 0) is 14.3 Å². The lowest BCUT2D eigenvalue weighted by Gasteiger charge is -2.23. The van der Waals surface area contributed by atoms with Crippen molar-refractivity contribution in [1.82, 2.24) is 4.90 Å². The van der Waals surface area contributed by atoms with Crippen LogP contribution in [-0.4, -0.2) is 42.8 Å². The number of esters is 1. The van der Waals surface area contributed by atoms with Gasteiger partial charge in [-0.1, -0.05) is 12.1 Å². The molecular weight excluding hydrogens is 290 g/mol. The first-order valence-electron chi connectivity index (χ1n) is 6.86. The van der Waals surface area contributed by atoms with Crippen LogP contribution in [0.4, 0.5) is 0 Å². The molecule has 0 saturated carbocycles. The fraction of sp³-hybridized carbons (Fsp3) is 0.467. The quantitative estimate of drug-likeness (QED) is 0.754. The van der Waals surface area contributed by atoms with E-state index in [1.807, 2.05) is 31.2 Å². The van der Waals surface area contributed by atoms with E-state index in [1.54, 1.807) is 16.7 Å². The van der Waals surface area contributed by atoms with E-state index < -0.39 is 0 Å². The predicted octanol–water partition coefficient (Wildman–Crippen LogP) is 2.22. The van der Waals surface area contributed by atoms with Gasteiger partial charge in [0.1, 0.15) is 11.1 Å². The van der Waals surface area contributed by atoms with Crippen molar-refractivity contribution in [3.05, 3.63) is 29.8 Å². The lowest BCUT2D eigenvalue weighted by atomic mass is 10.2. The van der Waals surface area contributed by atoms with E-state index in [0.29, 0.717) is 18.9 Å². The maximum absolute atomic E-state index is 12.0. The minimum Gasteiger partial charge on any atom is -0.494 e. The van der Waals surface area contributed by atoms with Gasteiger partial charge in [0.15, 0.2) is 0 Å². The largest absolute Gasteiger partial charge is 0.494 e. The number of methoxy groups -OCH3 is 1. The average molecular weight is 309 g/mol. The molecule has 1 aliphatic heterocycles. The Morgan fingerprint density at radius 1 is 1.38 bits per heavy atom. The van der Waals surface area contributed by atoms with E-state index in [1.165, 1.54) is 7.11 Å². The number of carbonyl (C=O) groups excluding carboxylic acids is 2. The molecule has 0 aromatic heterocycles. The standard InChI is InChI=1S/C15H19NO4S/c1-3-20-12-6-4-11(5-7-12)15-16(13(17)10-21-15)9-8-14(18)19-2/h4-7,15H,3,8-10H2,1-2H3. The molecule has 21 heavy (non-hydrogen) atoms. The number of nitrogens with zero attached hydrogens (tertiary/aromatic N) is 1.